The Labute approximate surface area is 108 Å². The molecule has 0 aliphatic carbocycles. The third kappa shape index (κ3) is 4.92. The van der Waals surface area contributed by atoms with Crippen molar-refractivity contribution >= 4 is 21.9 Å². The highest BCUT2D eigenvalue weighted by molar-refractivity contribution is 9.10. The lowest BCUT2D eigenvalue weighted by Crippen LogP contribution is -2.18. The van der Waals surface area contributed by atoms with Crippen molar-refractivity contribution in [2.45, 2.75) is 6.36 Å². The summed E-state index contributed by atoms with van der Waals surface area (Å²) < 4.78 is 44.0. The highest BCUT2D eigenvalue weighted by Gasteiger charge is 2.28. The number of benzene rings is 1. The summed E-state index contributed by atoms with van der Waals surface area (Å²) in [6, 6.07) is 4.13. The van der Waals surface area contributed by atoms with Crippen LogP contribution in [0.4, 0.5) is 13.2 Å². The number of halogens is 4. The van der Waals surface area contributed by atoms with E-state index in [9.17, 15) is 18.0 Å². The van der Waals surface area contributed by atoms with Gasteiger partial charge in [-0.2, -0.15) is 0 Å². The van der Waals surface area contributed by atoms with E-state index < -0.39 is 25.5 Å². The van der Waals surface area contributed by atoms with E-state index in [1.807, 2.05) is 0 Å². The number of rotatable bonds is 5. The predicted molar refractivity (Wildman–Crippen MR) is 58.6 cm³/mol. The van der Waals surface area contributed by atoms with Gasteiger partial charge in [0.2, 0.25) is 0 Å². The molecular formula is C10H8BrF3O4. The van der Waals surface area contributed by atoms with Crippen molar-refractivity contribution in [3.05, 3.63) is 28.2 Å². The number of alkyl halides is 3. The fourth-order valence-corrected chi connectivity index (χ4v) is 1.44. The van der Waals surface area contributed by atoms with Crippen LogP contribution >= 0.6 is 15.9 Å². The van der Waals surface area contributed by atoms with Crippen LogP contribution in [0.25, 0.3) is 0 Å². The maximum Gasteiger partial charge on any atom is 0.522 e. The van der Waals surface area contributed by atoms with Gasteiger partial charge in [-0.05, 0) is 18.2 Å². The molecule has 0 fully saturated rings. The average molecular weight is 329 g/mol. The van der Waals surface area contributed by atoms with E-state index in [0.717, 1.165) is 0 Å². The molecule has 18 heavy (non-hydrogen) atoms. The van der Waals surface area contributed by atoms with Gasteiger partial charge in [-0.3, -0.25) is 4.74 Å². The van der Waals surface area contributed by atoms with Crippen LogP contribution in [0.15, 0.2) is 22.7 Å². The normalized spacial score (nSPS) is 11.3. The lowest BCUT2D eigenvalue weighted by atomic mass is 10.2. The summed E-state index contributed by atoms with van der Waals surface area (Å²) in [7, 11) is 0. The zero-order valence-corrected chi connectivity index (χ0v) is 10.4. The zero-order valence-electron chi connectivity index (χ0n) is 8.83. The Morgan fingerprint density at radius 3 is 2.56 bits per heavy atom. The fraction of sp³-hybridized carbons (Fsp3) is 0.300. The minimum Gasteiger partial charge on any atom is -0.490 e. The molecule has 4 nitrogen and oxygen atoms in total. The van der Waals surface area contributed by atoms with Crippen LogP contribution in [0.1, 0.15) is 10.4 Å². The number of aromatic carboxylic acids is 1. The van der Waals surface area contributed by atoms with E-state index in [1.54, 1.807) is 0 Å². The second-order valence-electron chi connectivity index (χ2n) is 3.09. The molecule has 0 aromatic heterocycles. The van der Waals surface area contributed by atoms with Crippen molar-refractivity contribution in [2.24, 2.45) is 0 Å². The SMILES string of the molecule is O=C(O)c1ccc(Br)cc1OCCOC(F)(F)F. The highest BCUT2D eigenvalue weighted by Crippen LogP contribution is 2.24. The summed E-state index contributed by atoms with van der Waals surface area (Å²) in [6.45, 7) is -1.12. The summed E-state index contributed by atoms with van der Waals surface area (Å²) in [5, 5.41) is 8.84. The van der Waals surface area contributed by atoms with Crippen molar-refractivity contribution in [1.29, 1.82) is 0 Å². The van der Waals surface area contributed by atoms with Crippen LogP contribution in [-0.2, 0) is 4.74 Å². The van der Waals surface area contributed by atoms with Gasteiger partial charge in [0.25, 0.3) is 0 Å². The minimum absolute atomic E-state index is 0.0253. The molecule has 0 aliphatic heterocycles. The van der Waals surface area contributed by atoms with E-state index in [0.29, 0.717) is 4.47 Å². The molecule has 0 radical (unpaired) electrons. The number of hydrogen-bond acceptors (Lipinski definition) is 3. The van der Waals surface area contributed by atoms with Crippen LogP contribution < -0.4 is 4.74 Å². The Morgan fingerprint density at radius 1 is 1.33 bits per heavy atom. The monoisotopic (exact) mass is 328 g/mol. The highest BCUT2D eigenvalue weighted by atomic mass is 79.9. The number of carboxylic acid groups (broad SMARTS) is 1. The average Bonchev–Trinajstić information content (AvgIpc) is 2.22. The van der Waals surface area contributed by atoms with E-state index in [4.69, 9.17) is 9.84 Å². The maximum atomic E-state index is 11.7. The Morgan fingerprint density at radius 2 is 2.00 bits per heavy atom. The topological polar surface area (TPSA) is 55.8 Å². The van der Waals surface area contributed by atoms with Gasteiger partial charge in [0.1, 0.15) is 17.9 Å². The molecule has 0 amide bonds. The first kappa shape index (κ1) is 14.8. The Hall–Kier alpha value is -1.28. The first-order valence-electron chi connectivity index (χ1n) is 4.66. The Kier molecular flexibility index (Phi) is 4.97. The van der Waals surface area contributed by atoms with Crippen LogP contribution in [0.2, 0.25) is 0 Å². The number of ether oxygens (including phenoxy) is 2. The van der Waals surface area contributed by atoms with E-state index >= 15 is 0 Å². The van der Waals surface area contributed by atoms with Crippen LogP contribution in [0, 0.1) is 0 Å². The molecule has 1 aromatic rings. The molecule has 0 saturated carbocycles. The molecule has 0 spiro atoms. The maximum absolute atomic E-state index is 11.7. The van der Waals surface area contributed by atoms with Crippen LogP contribution in [-0.4, -0.2) is 30.7 Å². The molecule has 1 aromatic carbocycles. The van der Waals surface area contributed by atoms with Crippen LogP contribution in [0.3, 0.4) is 0 Å². The van der Waals surface area contributed by atoms with Crippen molar-refractivity contribution in [3.63, 3.8) is 0 Å². The predicted octanol–water partition coefficient (Wildman–Crippen LogP) is 3.06. The standard InChI is InChI=1S/C10H8BrF3O4/c11-6-1-2-7(9(15)16)8(5-6)17-3-4-18-10(12,13)14/h1-2,5H,3-4H2,(H,15,16). The van der Waals surface area contributed by atoms with Gasteiger partial charge in [0.05, 0.1) is 6.61 Å². The van der Waals surface area contributed by atoms with Gasteiger partial charge in [-0.25, -0.2) is 4.79 Å². The molecule has 8 heteroatoms. The molecular weight excluding hydrogens is 321 g/mol. The Bertz CT molecular complexity index is 434. The summed E-state index contributed by atoms with van der Waals surface area (Å²) >= 11 is 3.10. The zero-order chi connectivity index (χ0) is 13.8. The van der Waals surface area contributed by atoms with Gasteiger partial charge in [0, 0.05) is 4.47 Å². The second kappa shape index (κ2) is 6.05. The van der Waals surface area contributed by atoms with Gasteiger partial charge in [0.15, 0.2) is 0 Å². The lowest BCUT2D eigenvalue weighted by molar-refractivity contribution is -0.325. The van der Waals surface area contributed by atoms with Crippen molar-refractivity contribution in [1.82, 2.24) is 0 Å². The molecule has 0 heterocycles. The van der Waals surface area contributed by atoms with Gasteiger partial charge >= 0.3 is 12.3 Å². The van der Waals surface area contributed by atoms with Crippen molar-refractivity contribution in [3.8, 4) is 5.75 Å². The molecule has 0 bridgehead atoms. The van der Waals surface area contributed by atoms with E-state index in [-0.39, 0.29) is 11.3 Å². The number of carboxylic acids is 1. The third-order valence-electron chi connectivity index (χ3n) is 1.78. The third-order valence-corrected chi connectivity index (χ3v) is 2.27. The summed E-state index contributed by atoms with van der Waals surface area (Å²) in [4.78, 5) is 10.8. The second-order valence-corrected chi connectivity index (χ2v) is 4.00. The first-order chi connectivity index (χ1) is 8.29. The van der Waals surface area contributed by atoms with Gasteiger partial charge < -0.3 is 9.84 Å². The largest absolute Gasteiger partial charge is 0.522 e. The van der Waals surface area contributed by atoms with Crippen LogP contribution in [0.5, 0.6) is 5.75 Å². The molecule has 1 N–H and O–H groups in total. The fourth-order valence-electron chi connectivity index (χ4n) is 1.10. The summed E-state index contributed by atoms with van der Waals surface area (Å²) in [5.41, 5.74) is -0.134. The van der Waals surface area contributed by atoms with Crippen molar-refractivity contribution in [2.75, 3.05) is 13.2 Å². The molecule has 0 aliphatic rings. The smallest absolute Gasteiger partial charge is 0.490 e. The van der Waals surface area contributed by atoms with Gasteiger partial charge in [-0.15, -0.1) is 13.2 Å². The molecule has 0 unspecified atom stereocenters. The number of carbonyl (C=O) groups is 1. The molecule has 100 valence electrons. The summed E-state index contributed by atoms with van der Waals surface area (Å²) in [6.07, 6.45) is -4.73. The van der Waals surface area contributed by atoms with Gasteiger partial charge in [-0.1, -0.05) is 15.9 Å². The molecule has 1 rings (SSSR count). The minimum atomic E-state index is -4.73. The van der Waals surface area contributed by atoms with E-state index in [1.165, 1.54) is 18.2 Å². The summed E-state index contributed by atoms with van der Waals surface area (Å²) in [5.74, 6) is -1.25. The number of hydrogen-bond donors (Lipinski definition) is 1. The lowest BCUT2D eigenvalue weighted by Gasteiger charge is -2.11. The molecule has 0 saturated heterocycles. The molecule has 0 atom stereocenters. The quantitative estimate of drug-likeness (QED) is 0.844. The first-order valence-corrected chi connectivity index (χ1v) is 5.45. The van der Waals surface area contributed by atoms with E-state index in [2.05, 4.69) is 20.7 Å². The Balaban J connectivity index is 2.61. The van der Waals surface area contributed by atoms with Crippen molar-refractivity contribution < 1.29 is 32.5 Å².